The summed E-state index contributed by atoms with van der Waals surface area (Å²) in [5, 5.41) is 0. The Morgan fingerprint density at radius 2 is 1.40 bits per heavy atom. The van der Waals surface area contributed by atoms with Crippen LogP contribution in [0.15, 0.2) is 30.3 Å². The Bertz CT molecular complexity index is 87.6. The molecular weight excluding hydrogens is 292 g/mol. The van der Waals surface area contributed by atoms with Crippen LogP contribution in [0.25, 0.3) is 0 Å². The summed E-state index contributed by atoms with van der Waals surface area (Å²) < 4.78 is 0. The van der Waals surface area contributed by atoms with Gasteiger partial charge in [-0.05, 0) is 0 Å². The van der Waals surface area contributed by atoms with Crippen molar-refractivity contribution < 1.29 is 21.1 Å². The average molecular weight is 302 g/mol. The van der Waals surface area contributed by atoms with Crippen LogP contribution in [0.2, 0.25) is 0 Å². The summed E-state index contributed by atoms with van der Waals surface area (Å²) in [7, 11) is 0. The molecule has 0 aromatic heterocycles. The largest absolute Gasteiger partial charge is 0.374 e. The summed E-state index contributed by atoms with van der Waals surface area (Å²) in [4.78, 5) is 0. The molecule has 1 aromatic carbocycles. The van der Waals surface area contributed by atoms with E-state index in [2.05, 4.69) is 19.9 Å². The Balaban J connectivity index is 0. The van der Waals surface area contributed by atoms with Crippen LogP contribution in [-0.4, -0.2) is 0 Å². The Morgan fingerprint density at radius 3 is 1.50 bits per heavy atom. The molecule has 1 rings (SSSR count). The van der Waals surface area contributed by atoms with E-state index in [1.165, 1.54) is 6.42 Å². The van der Waals surface area contributed by atoms with Crippen molar-refractivity contribution in [2.45, 2.75) is 0 Å². The minimum absolute atomic E-state index is 0. The third kappa shape index (κ3) is 10.8. The standard InChI is InChI=1S/C6H5.C3H5.W/c1-2-4-6-5-3-1;1-3-2;/h1-5H;3H,1-2H2;/q-1;-2;. The van der Waals surface area contributed by atoms with E-state index in [1.54, 1.807) is 0 Å². The third-order valence-corrected chi connectivity index (χ3v) is 0.607. The quantitative estimate of drug-likeness (QED) is 0.645. The van der Waals surface area contributed by atoms with Crippen molar-refractivity contribution in [2.24, 2.45) is 0 Å². The smallest absolute Gasteiger partial charge is 0 e. The Morgan fingerprint density at radius 1 is 1.00 bits per heavy atom. The van der Waals surface area contributed by atoms with E-state index in [-0.39, 0.29) is 21.1 Å². The normalized spacial score (nSPS) is 6.60. The van der Waals surface area contributed by atoms with E-state index in [1.807, 2.05) is 30.3 Å². The van der Waals surface area contributed by atoms with Gasteiger partial charge in [0, 0.05) is 21.1 Å². The Kier molecular flexibility index (Phi) is 14.7. The summed E-state index contributed by atoms with van der Waals surface area (Å²) in [6.07, 6.45) is 1.50. The predicted molar refractivity (Wildman–Crippen MR) is 40.3 cm³/mol. The second-order valence-electron chi connectivity index (χ2n) is 1.37. The molecule has 55 valence electrons. The molecule has 0 fully saturated rings. The van der Waals surface area contributed by atoms with Gasteiger partial charge in [-0.15, -0.1) is 0 Å². The monoisotopic (exact) mass is 302 g/mol. The summed E-state index contributed by atoms with van der Waals surface area (Å²) in [6, 6.07) is 12.5. The fourth-order valence-electron chi connectivity index (χ4n) is 0.342. The maximum Gasteiger partial charge on any atom is 0 e. The van der Waals surface area contributed by atoms with Crippen LogP contribution >= 0.6 is 0 Å². The van der Waals surface area contributed by atoms with Crippen LogP contribution in [-0.2, 0) is 21.1 Å². The van der Waals surface area contributed by atoms with E-state index in [4.69, 9.17) is 0 Å². The minimum Gasteiger partial charge on any atom is -0.374 e. The first-order chi connectivity index (χ1) is 4.41. The van der Waals surface area contributed by atoms with Crippen LogP contribution in [0.3, 0.4) is 0 Å². The molecule has 0 N–H and O–H groups in total. The molecule has 0 saturated heterocycles. The molecule has 0 saturated carbocycles. The topological polar surface area (TPSA) is 0 Å². The van der Waals surface area contributed by atoms with Gasteiger partial charge in [0.05, 0.1) is 0 Å². The van der Waals surface area contributed by atoms with Gasteiger partial charge < -0.3 is 20.3 Å². The fourth-order valence-corrected chi connectivity index (χ4v) is 0.342. The molecule has 0 spiro atoms. The average Bonchev–Trinajstić information content (AvgIpc) is 1.93. The third-order valence-electron chi connectivity index (χ3n) is 0.607. The number of rotatable bonds is 0. The summed E-state index contributed by atoms with van der Waals surface area (Å²) in [6.45, 7) is 6.50. The molecule has 0 aliphatic carbocycles. The summed E-state index contributed by atoms with van der Waals surface area (Å²) in [5.74, 6) is 0. The van der Waals surface area contributed by atoms with Crippen LogP contribution in [0, 0.1) is 26.3 Å². The van der Waals surface area contributed by atoms with E-state index in [0.29, 0.717) is 0 Å². The van der Waals surface area contributed by atoms with Gasteiger partial charge in [0.2, 0.25) is 0 Å². The van der Waals surface area contributed by atoms with Gasteiger partial charge in [0.1, 0.15) is 0 Å². The first-order valence-corrected chi connectivity index (χ1v) is 2.73. The van der Waals surface area contributed by atoms with Gasteiger partial charge in [-0.2, -0.15) is 36.4 Å². The maximum atomic E-state index is 3.25. The van der Waals surface area contributed by atoms with Gasteiger partial charge in [0.15, 0.2) is 0 Å². The molecule has 0 bridgehead atoms. The second-order valence-corrected chi connectivity index (χ2v) is 1.37. The van der Waals surface area contributed by atoms with E-state index >= 15 is 0 Å². The van der Waals surface area contributed by atoms with Crippen molar-refractivity contribution in [3.05, 3.63) is 56.7 Å². The van der Waals surface area contributed by atoms with Crippen molar-refractivity contribution in [3.63, 3.8) is 0 Å². The van der Waals surface area contributed by atoms with Gasteiger partial charge in [0.25, 0.3) is 0 Å². The van der Waals surface area contributed by atoms with Gasteiger partial charge in [-0.25, -0.2) is 0 Å². The van der Waals surface area contributed by atoms with E-state index in [9.17, 15) is 0 Å². The Hall–Kier alpha value is -0.0917. The van der Waals surface area contributed by atoms with Gasteiger partial charge >= 0.3 is 0 Å². The fraction of sp³-hybridized carbons (Fsp3) is 0. The first kappa shape index (κ1) is 12.6. The molecule has 0 aliphatic rings. The van der Waals surface area contributed by atoms with Gasteiger partial charge in [-0.1, -0.05) is 0 Å². The summed E-state index contributed by atoms with van der Waals surface area (Å²) in [5.41, 5.74) is 0. The molecule has 0 aliphatic heterocycles. The molecule has 0 heterocycles. The first-order valence-electron chi connectivity index (χ1n) is 2.73. The molecular formula is C9H10W-3. The van der Waals surface area contributed by atoms with Crippen molar-refractivity contribution >= 4 is 0 Å². The Labute approximate surface area is 77.9 Å². The molecule has 1 radical (unpaired) electrons. The SMILES string of the molecule is [CH2-][CH][CH2-].[W].[c-]1ccccc1. The zero-order valence-corrected chi connectivity index (χ0v) is 8.72. The number of hydrogen-bond donors (Lipinski definition) is 0. The molecule has 1 heteroatoms. The van der Waals surface area contributed by atoms with Gasteiger partial charge in [-0.3, -0.25) is 0 Å². The maximum absolute atomic E-state index is 3.25. The molecule has 10 heavy (non-hydrogen) atoms. The second kappa shape index (κ2) is 11.7. The van der Waals surface area contributed by atoms with E-state index < -0.39 is 0 Å². The van der Waals surface area contributed by atoms with Crippen molar-refractivity contribution in [3.8, 4) is 0 Å². The van der Waals surface area contributed by atoms with Crippen LogP contribution < -0.4 is 0 Å². The molecule has 0 nitrogen and oxygen atoms in total. The van der Waals surface area contributed by atoms with E-state index in [0.717, 1.165) is 0 Å². The summed E-state index contributed by atoms with van der Waals surface area (Å²) >= 11 is 0. The van der Waals surface area contributed by atoms with Crippen molar-refractivity contribution in [1.29, 1.82) is 0 Å². The minimum atomic E-state index is 0. The molecule has 0 amide bonds. The van der Waals surface area contributed by atoms with Crippen LogP contribution in [0.5, 0.6) is 0 Å². The van der Waals surface area contributed by atoms with Crippen LogP contribution in [0.4, 0.5) is 0 Å². The number of benzene rings is 1. The number of hydrogen-bond acceptors (Lipinski definition) is 0. The predicted octanol–water partition coefficient (Wildman–Crippen LogP) is 2.34. The zero-order chi connectivity index (χ0) is 6.95. The molecule has 0 atom stereocenters. The molecule has 1 aromatic rings. The van der Waals surface area contributed by atoms with Crippen molar-refractivity contribution in [1.82, 2.24) is 0 Å². The molecule has 0 unspecified atom stereocenters. The van der Waals surface area contributed by atoms with Crippen LogP contribution in [0.1, 0.15) is 0 Å². The van der Waals surface area contributed by atoms with Crippen molar-refractivity contribution in [2.75, 3.05) is 0 Å². The zero-order valence-electron chi connectivity index (χ0n) is 5.79.